The van der Waals surface area contributed by atoms with Crippen LogP contribution in [0.25, 0.3) is 0 Å². The summed E-state index contributed by atoms with van der Waals surface area (Å²) in [5.41, 5.74) is 0.500. The van der Waals surface area contributed by atoms with Crippen LogP contribution < -0.4 is 5.32 Å². The second-order valence-corrected chi connectivity index (χ2v) is 5.65. The molecule has 1 N–H and O–H groups in total. The van der Waals surface area contributed by atoms with Crippen LogP contribution in [-0.4, -0.2) is 31.1 Å². The molecular weight excluding hydrogens is 246 g/mol. The summed E-state index contributed by atoms with van der Waals surface area (Å²) in [6.07, 6.45) is 4.66. The fourth-order valence-electron chi connectivity index (χ4n) is 2.83. The Labute approximate surface area is 122 Å². The van der Waals surface area contributed by atoms with Gasteiger partial charge in [-0.05, 0) is 44.8 Å². The molecule has 0 bridgehead atoms. The van der Waals surface area contributed by atoms with Gasteiger partial charge in [0.15, 0.2) is 0 Å². The van der Waals surface area contributed by atoms with E-state index in [4.69, 9.17) is 0 Å². The monoisotopic (exact) mass is 271 g/mol. The lowest BCUT2D eigenvalue weighted by atomic mass is 9.88. The number of nitrogens with one attached hydrogen (secondary N) is 1. The average molecular weight is 271 g/mol. The molecule has 2 rings (SSSR count). The maximum Gasteiger partial charge on any atom is 0.133 e. The van der Waals surface area contributed by atoms with Gasteiger partial charge in [0.05, 0.1) is 6.07 Å². The van der Waals surface area contributed by atoms with E-state index in [9.17, 15) is 5.26 Å². The zero-order chi connectivity index (χ0) is 14.4. The highest BCUT2D eigenvalue weighted by molar-refractivity contribution is 5.31. The SMILES string of the molecule is CCCN(CCC(C#N)(NC)c1ccccc1)C1CC1. The Bertz CT molecular complexity index is 447. The number of nitrogens with zero attached hydrogens (tertiary/aromatic N) is 2. The molecule has 0 amide bonds. The minimum absolute atomic E-state index is 0.567. The third-order valence-corrected chi connectivity index (χ3v) is 4.23. The van der Waals surface area contributed by atoms with Gasteiger partial charge in [-0.3, -0.25) is 5.32 Å². The zero-order valence-electron chi connectivity index (χ0n) is 12.6. The van der Waals surface area contributed by atoms with Crippen LogP contribution in [-0.2, 0) is 5.54 Å². The minimum atomic E-state index is -0.567. The lowest BCUT2D eigenvalue weighted by Crippen LogP contribution is -2.42. The van der Waals surface area contributed by atoms with Gasteiger partial charge in [-0.15, -0.1) is 0 Å². The molecule has 3 heteroatoms. The van der Waals surface area contributed by atoms with Crippen molar-refractivity contribution < 1.29 is 0 Å². The summed E-state index contributed by atoms with van der Waals surface area (Å²) in [4.78, 5) is 2.55. The fourth-order valence-corrected chi connectivity index (χ4v) is 2.83. The van der Waals surface area contributed by atoms with Crippen LogP contribution in [0.3, 0.4) is 0 Å². The lowest BCUT2D eigenvalue weighted by Gasteiger charge is -2.30. The van der Waals surface area contributed by atoms with Gasteiger partial charge >= 0.3 is 0 Å². The Balaban J connectivity index is 2.07. The highest BCUT2D eigenvalue weighted by Crippen LogP contribution is 2.30. The maximum absolute atomic E-state index is 9.70. The van der Waals surface area contributed by atoms with E-state index in [1.807, 2.05) is 37.4 Å². The van der Waals surface area contributed by atoms with Crippen LogP contribution in [0.5, 0.6) is 0 Å². The molecule has 1 unspecified atom stereocenters. The van der Waals surface area contributed by atoms with Crippen molar-refractivity contribution in [2.75, 3.05) is 20.1 Å². The molecule has 0 spiro atoms. The van der Waals surface area contributed by atoms with Crippen molar-refractivity contribution in [2.24, 2.45) is 0 Å². The molecular formula is C17H25N3. The van der Waals surface area contributed by atoms with E-state index >= 15 is 0 Å². The van der Waals surface area contributed by atoms with E-state index < -0.39 is 5.54 Å². The van der Waals surface area contributed by atoms with Crippen LogP contribution in [0.2, 0.25) is 0 Å². The number of rotatable bonds is 8. The molecule has 0 aromatic heterocycles. The first-order valence-corrected chi connectivity index (χ1v) is 7.65. The summed E-state index contributed by atoms with van der Waals surface area (Å²) in [5, 5.41) is 12.9. The van der Waals surface area contributed by atoms with Gasteiger partial charge in [0, 0.05) is 12.6 Å². The molecule has 1 fully saturated rings. The summed E-state index contributed by atoms with van der Waals surface area (Å²) in [6, 6.07) is 13.4. The van der Waals surface area contributed by atoms with E-state index in [0.717, 1.165) is 31.1 Å². The van der Waals surface area contributed by atoms with Gasteiger partial charge in [0.1, 0.15) is 5.54 Å². The molecule has 1 aromatic carbocycles. The van der Waals surface area contributed by atoms with Gasteiger partial charge in [0.25, 0.3) is 0 Å². The smallest absolute Gasteiger partial charge is 0.133 e. The molecule has 0 saturated heterocycles. The van der Waals surface area contributed by atoms with Gasteiger partial charge in [-0.2, -0.15) is 5.26 Å². The molecule has 3 nitrogen and oxygen atoms in total. The number of benzene rings is 1. The van der Waals surface area contributed by atoms with E-state index in [2.05, 4.69) is 23.2 Å². The minimum Gasteiger partial charge on any atom is -0.300 e. The standard InChI is InChI=1S/C17H25N3/c1-3-12-20(16-9-10-16)13-11-17(14-18,19-2)15-7-5-4-6-8-15/h4-8,16,19H,3,9-13H2,1-2H3. The summed E-state index contributed by atoms with van der Waals surface area (Å²) in [6.45, 7) is 4.36. The Kier molecular flexibility index (Phi) is 5.17. The molecule has 20 heavy (non-hydrogen) atoms. The Morgan fingerprint density at radius 2 is 2.00 bits per heavy atom. The van der Waals surface area contributed by atoms with Crippen LogP contribution in [0.4, 0.5) is 0 Å². The fraction of sp³-hybridized carbons (Fsp3) is 0.588. The van der Waals surface area contributed by atoms with E-state index in [0.29, 0.717) is 0 Å². The first-order chi connectivity index (χ1) is 9.75. The van der Waals surface area contributed by atoms with E-state index in [-0.39, 0.29) is 0 Å². The topological polar surface area (TPSA) is 39.1 Å². The predicted molar refractivity (Wildman–Crippen MR) is 82.3 cm³/mol. The van der Waals surface area contributed by atoms with Crippen LogP contribution in [0.1, 0.15) is 38.2 Å². The lowest BCUT2D eigenvalue weighted by molar-refractivity contribution is 0.235. The highest BCUT2D eigenvalue weighted by atomic mass is 15.2. The number of hydrogen-bond donors (Lipinski definition) is 1. The molecule has 0 heterocycles. The first-order valence-electron chi connectivity index (χ1n) is 7.65. The maximum atomic E-state index is 9.70. The molecule has 1 atom stereocenters. The normalized spacial score (nSPS) is 17.7. The molecule has 108 valence electrons. The van der Waals surface area contributed by atoms with Crippen molar-refractivity contribution in [1.82, 2.24) is 10.2 Å². The highest BCUT2D eigenvalue weighted by Gasteiger charge is 2.34. The van der Waals surface area contributed by atoms with Crippen molar-refractivity contribution >= 4 is 0 Å². The summed E-state index contributed by atoms with van der Waals surface area (Å²) < 4.78 is 0. The Morgan fingerprint density at radius 3 is 2.50 bits per heavy atom. The number of nitriles is 1. The number of hydrogen-bond acceptors (Lipinski definition) is 3. The van der Waals surface area contributed by atoms with Gasteiger partial charge in [0.2, 0.25) is 0 Å². The quantitative estimate of drug-likeness (QED) is 0.790. The summed E-state index contributed by atoms with van der Waals surface area (Å²) in [7, 11) is 1.89. The van der Waals surface area contributed by atoms with E-state index in [1.54, 1.807) is 0 Å². The van der Waals surface area contributed by atoms with Gasteiger partial charge in [-0.25, -0.2) is 0 Å². The molecule has 0 aliphatic heterocycles. The van der Waals surface area contributed by atoms with Crippen molar-refractivity contribution in [3.05, 3.63) is 35.9 Å². The summed E-state index contributed by atoms with van der Waals surface area (Å²) in [5.74, 6) is 0. The molecule has 1 aromatic rings. The van der Waals surface area contributed by atoms with Crippen molar-refractivity contribution in [2.45, 2.75) is 44.2 Å². The van der Waals surface area contributed by atoms with Crippen LogP contribution in [0.15, 0.2) is 30.3 Å². The van der Waals surface area contributed by atoms with E-state index in [1.165, 1.54) is 19.3 Å². The van der Waals surface area contributed by atoms with Crippen LogP contribution >= 0.6 is 0 Å². The largest absolute Gasteiger partial charge is 0.300 e. The molecule has 0 radical (unpaired) electrons. The second kappa shape index (κ2) is 6.88. The third-order valence-electron chi connectivity index (χ3n) is 4.23. The third kappa shape index (κ3) is 3.39. The van der Waals surface area contributed by atoms with Gasteiger partial charge in [-0.1, -0.05) is 37.3 Å². The van der Waals surface area contributed by atoms with Crippen molar-refractivity contribution in [1.29, 1.82) is 5.26 Å². The molecule has 1 aliphatic rings. The predicted octanol–water partition coefficient (Wildman–Crippen LogP) is 2.89. The van der Waals surface area contributed by atoms with Gasteiger partial charge < -0.3 is 4.90 Å². The van der Waals surface area contributed by atoms with Crippen molar-refractivity contribution in [3.8, 4) is 6.07 Å². The Hall–Kier alpha value is -1.37. The summed E-state index contributed by atoms with van der Waals surface area (Å²) >= 11 is 0. The average Bonchev–Trinajstić information content (AvgIpc) is 3.33. The van der Waals surface area contributed by atoms with Crippen LogP contribution in [0, 0.1) is 11.3 Å². The second-order valence-electron chi connectivity index (χ2n) is 5.65. The van der Waals surface area contributed by atoms with Crippen molar-refractivity contribution in [3.63, 3.8) is 0 Å². The molecule has 1 aliphatic carbocycles. The zero-order valence-corrected chi connectivity index (χ0v) is 12.6. The first kappa shape index (κ1) is 15.0. The Morgan fingerprint density at radius 1 is 1.30 bits per heavy atom. The molecule has 1 saturated carbocycles.